The molecule has 0 aliphatic rings. The average molecular weight is 477 g/mol. The fraction of sp³-hybridized carbons (Fsp3) is 0.231. The fourth-order valence-electron chi connectivity index (χ4n) is 3.62. The minimum absolute atomic E-state index is 0.186. The maximum Gasteiger partial charge on any atom is 0.322 e. The molecule has 2 aromatic carbocycles. The van der Waals surface area contributed by atoms with Crippen molar-refractivity contribution in [2.24, 2.45) is 0 Å². The number of urea groups is 1. The Morgan fingerprint density at radius 1 is 1.09 bits per heavy atom. The van der Waals surface area contributed by atoms with Gasteiger partial charge in [-0.1, -0.05) is 30.3 Å². The van der Waals surface area contributed by atoms with Crippen LogP contribution in [0.25, 0.3) is 16.3 Å². The molecule has 2 amide bonds. The number of nitrogens with one attached hydrogen (secondary N) is 1. The molecule has 7 nitrogen and oxygen atoms in total. The van der Waals surface area contributed by atoms with E-state index in [0.29, 0.717) is 31.1 Å². The quantitative estimate of drug-likeness (QED) is 0.299. The van der Waals surface area contributed by atoms with E-state index in [1.54, 1.807) is 36.5 Å². The zero-order chi connectivity index (χ0) is 23.8. The third kappa shape index (κ3) is 5.84. The molecule has 2 heterocycles. The lowest BCUT2D eigenvalue weighted by Gasteiger charge is -2.23. The van der Waals surface area contributed by atoms with Crippen LogP contribution < -0.4 is 10.1 Å². The second-order valence-corrected chi connectivity index (χ2v) is 8.64. The van der Waals surface area contributed by atoms with Gasteiger partial charge in [0, 0.05) is 43.8 Å². The smallest absolute Gasteiger partial charge is 0.322 e. The first kappa shape index (κ1) is 23.5. The van der Waals surface area contributed by atoms with Crippen LogP contribution >= 0.6 is 11.3 Å². The van der Waals surface area contributed by atoms with Gasteiger partial charge in [-0.15, -0.1) is 11.3 Å². The van der Waals surface area contributed by atoms with Gasteiger partial charge in [-0.2, -0.15) is 5.10 Å². The van der Waals surface area contributed by atoms with Crippen molar-refractivity contribution in [3.8, 4) is 22.0 Å². The summed E-state index contributed by atoms with van der Waals surface area (Å²) >= 11 is 1.63. The molecule has 0 unspecified atom stereocenters. The fourth-order valence-corrected chi connectivity index (χ4v) is 4.36. The summed E-state index contributed by atoms with van der Waals surface area (Å²) in [5, 5.41) is 9.90. The Balaban J connectivity index is 1.62. The Kier molecular flexibility index (Phi) is 7.95. The molecular weight excluding hydrogens is 448 g/mol. The van der Waals surface area contributed by atoms with Crippen molar-refractivity contribution in [3.05, 3.63) is 83.9 Å². The molecule has 0 atom stereocenters. The van der Waals surface area contributed by atoms with Crippen LogP contribution in [-0.2, 0) is 11.3 Å². The first-order chi connectivity index (χ1) is 16.7. The summed E-state index contributed by atoms with van der Waals surface area (Å²) in [6.07, 6.45) is 2.73. The van der Waals surface area contributed by atoms with Crippen molar-refractivity contribution in [1.82, 2.24) is 14.7 Å². The van der Waals surface area contributed by atoms with Crippen LogP contribution in [0.1, 0.15) is 12.0 Å². The Bertz CT molecular complexity index is 1190. The third-order valence-corrected chi connectivity index (χ3v) is 6.19. The van der Waals surface area contributed by atoms with E-state index in [1.807, 2.05) is 70.9 Å². The minimum Gasteiger partial charge on any atom is -0.497 e. The van der Waals surface area contributed by atoms with Crippen LogP contribution in [0.15, 0.2) is 78.3 Å². The molecule has 0 radical (unpaired) electrons. The van der Waals surface area contributed by atoms with Gasteiger partial charge in [0.15, 0.2) is 0 Å². The van der Waals surface area contributed by atoms with Crippen molar-refractivity contribution in [1.29, 1.82) is 0 Å². The SMILES string of the molecule is COCCCN(Cc1cn(-c2ccccc2)nc1-c1cccs1)C(=O)Nc1cccc(OC)c1. The first-order valence-electron chi connectivity index (χ1n) is 11.0. The number of nitrogens with zero attached hydrogens (tertiary/aromatic N) is 3. The average Bonchev–Trinajstić information content (AvgIpc) is 3.54. The molecular formula is C26H28N4O3S. The lowest BCUT2D eigenvalue weighted by atomic mass is 10.2. The van der Waals surface area contributed by atoms with Crippen LogP contribution in [0.5, 0.6) is 5.75 Å². The molecule has 8 heteroatoms. The predicted molar refractivity (Wildman–Crippen MR) is 136 cm³/mol. The second-order valence-electron chi connectivity index (χ2n) is 7.69. The number of thiophene rings is 1. The Morgan fingerprint density at radius 2 is 1.94 bits per heavy atom. The van der Waals surface area contributed by atoms with Gasteiger partial charge < -0.3 is 19.7 Å². The van der Waals surface area contributed by atoms with Crippen LogP contribution in [0, 0.1) is 0 Å². The summed E-state index contributed by atoms with van der Waals surface area (Å²) < 4.78 is 12.4. The minimum atomic E-state index is -0.186. The van der Waals surface area contributed by atoms with Crippen molar-refractivity contribution in [3.63, 3.8) is 0 Å². The van der Waals surface area contributed by atoms with E-state index in [0.717, 1.165) is 28.2 Å². The molecule has 1 N–H and O–H groups in total. The van der Waals surface area contributed by atoms with Crippen molar-refractivity contribution < 1.29 is 14.3 Å². The molecule has 4 aromatic rings. The largest absolute Gasteiger partial charge is 0.497 e. The van der Waals surface area contributed by atoms with Crippen molar-refractivity contribution in [2.45, 2.75) is 13.0 Å². The lowest BCUT2D eigenvalue weighted by Crippen LogP contribution is -2.35. The van der Waals surface area contributed by atoms with E-state index >= 15 is 0 Å². The molecule has 0 saturated carbocycles. The standard InChI is InChI=1S/C26H28N4O3S/c1-32-15-8-14-29(26(31)27-21-9-6-12-23(17-21)33-2)18-20-19-30(22-10-4-3-5-11-22)28-25(20)24-13-7-16-34-24/h3-7,9-13,16-17,19H,8,14-15,18H2,1-2H3,(H,27,31). The lowest BCUT2D eigenvalue weighted by molar-refractivity contribution is 0.172. The van der Waals surface area contributed by atoms with Crippen molar-refractivity contribution in [2.75, 3.05) is 32.7 Å². The zero-order valence-electron chi connectivity index (χ0n) is 19.3. The highest BCUT2D eigenvalue weighted by Crippen LogP contribution is 2.29. The molecule has 0 spiro atoms. The maximum absolute atomic E-state index is 13.3. The summed E-state index contributed by atoms with van der Waals surface area (Å²) in [6.45, 7) is 1.54. The molecule has 4 rings (SSSR count). The molecule has 0 fully saturated rings. The monoisotopic (exact) mass is 476 g/mol. The van der Waals surface area contributed by atoms with E-state index in [-0.39, 0.29) is 6.03 Å². The number of para-hydroxylation sites is 1. The number of amides is 2. The summed E-state index contributed by atoms with van der Waals surface area (Å²) in [6, 6.07) is 21.2. The van der Waals surface area contributed by atoms with Gasteiger partial charge in [-0.3, -0.25) is 0 Å². The zero-order valence-corrected chi connectivity index (χ0v) is 20.1. The number of anilines is 1. The highest BCUT2D eigenvalue weighted by Gasteiger charge is 2.20. The Morgan fingerprint density at radius 3 is 2.68 bits per heavy atom. The van der Waals surface area contributed by atoms with E-state index in [4.69, 9.17) is 14.6 Å². The number of rotatable bonds is 10. The van der Waals surface area contributed by atoms with E-state index in [9.17, 15) is 4.79 Å². The normalized spacial score (nSPS) is 10.8. The highest BCUT2D eigenvalue weighted by atomic mass is 32.1. The molecule has 0 bridgehead atoms. The van der Waals surface area contributed by atoms with Crippen LogP contribution in [-0.4, -0.2) is 48.1 Å². The maximum atomic E-state index is 13.3. The first-order valence-corrected chi connectivity index (χ1v) is 11.9. The van der Waals surface area contributed by atoms with E-state index in [1.165, 1.54) is 0 Å². The Hall–Kier alpha value is -3.62. The number of benzene rings is 2. The highest BCUT2D eigenvalue weighted by molar-refractivity contribution is 7.13. The number of carbonyl (C=O) groups is 1. The van der Waals surface area contributed by atoms with Crippen LogP contribution in [0.4, 0.5) is 10.5 Å². The van der Waals surface area contributed by atoms with E-state index < -0.39 is 0 Å². The molecule has 0 aliphatic carbocycles. The van der Waals surface area contributed by atoms with Gasteiger partial charge in [-0.05, 0) is 42.1 Å². The number of ether oxygens (including phenoxy) is 2. The van der Waals surface area contributed by atoms with Gasteiger partial charge in [0.1, 0.15) is 11.4 Å². The number of methoxy groups -OCH3 is 2. The predicted octanol–water partition coefficient (Wildman–Crippen LogP) is 5.68. The van der Waals surface area contributed by atoms with E-state index in [2.05, 4.69) is 11.4 Å². The van der Waals surface area contributed by atoms with Crippen molar-refractivity contribution >= 4 is 23.1 Å². The molecule has 2 aromatic heterocycles. The third-order valence-electron chi connectivity index (χ3n) is 5.31. The molecule has 0 aliphatic heterocycles. The molecule has 0 saturated heterocycles. The van der Waals surface area contributed by atoms with Gasteiger partial charge in [0.25, 0.3) is 0 Å². The van der Waals surface area contributed by atoms with Gasteiger partial charge >= 0.3 is 6.03 Å². The number of carbonyl (C=O) groups excluding carboxylic acids is 1. The number of aromatic nitrogens is 2. The van der Waals surface area contributed by atoms with Crippen LogP contribution in [0.2, 0.25) is 0 Å². The van der Waals surface area contributed by atoms with Gasteiger partial charge in [0.2, 0.25) is 0 Å². The van der Waals surface area contributed by atoms with Crippen LogP contribution in [0.3, 0.4) is 0 Å². The summed E-state index contributed by atoms with van der Waals surface area (Å²) in [5.74, 6) is 0.688. The molecule has 34 heavy (non-hydrogen) atoms. The summed E-state index contributed by atoms with van der Waals surface area (Å²) in [5.41, 5.74) is 3.51. The van der Waals surface area contributed by atoms with Gasteiger partial charge in [0.05, 0.1) is 24.2 Å². The summed E-state index contributed by atoms with van der Waals surface area (Å²) in [4.78, 5) is 16.2. The summed E-state index contributed by atoms with van der Waals surface area (Å²) in [7, 11) is 3.27. The number of hydrogen-bond donors (Lipinski definition) is 1. The second kappa shape index (κ2) is 11.5. The van der Waals surface area contributed by atoms with Gasteiger partial charge in [-0.25, -0.2) is 9.48 Å². The number of hydrogen-bond acceptors (Lipinski definition) is 5. The topological polar surface area (TPSA) is 68.6 Å². The molecule has 176 valence electrons. The Labute approximate surface area is 203 Å².